The summed E-state index contributed by atoms with van der Waals surface area (Å²) in [6.45, 7) is -0.383. The number of tetrazole rings is 1. The van der Waals surface area contributed by atoms with Gasteiger partial charge in [0.05, 0.1) is 15.6 Å². The smallest absolute Gasteiger partial charge is 0.262 e. The summed E-state index contributed by atoms with van der Waals surface area (Å²) in [5, 5.41) is 12.2. The molecule has 1 aromatic heterocycles. The lowest BCUT2D eigenvalue weighted by Crippen LogP contribution is -2.27. The number of benzene rings is 1. The largest absolute Gasteiger partial charge is 0.481 e. The standard InChI is InChI=1S/C13H13Cl2FN6O3/c1-21(2)8(23)5-25-11-6(14)4-7(16)9(10(11)15)12(24)17-13-18-19-20-22(13)3/h4H,5H2,1-3H3,(H,17,18,20,24). The normalized spacial score (nSPS) is 10.5. The van der Waals surface area contributed by atoms with Crippen LogP contribution in [0, 0.1) is 5.82 Å². The second-order valence-corrected chi connectivity index (χ2v) is 5.80. The highest BCUT2D eigenvalue weighted by molar-refractivity contribution is 6.39. The van der Waals surface area contributed by atoms with E-state index in [0.717, 1.165) is 6.07 Å². The van der Waals surface area contributed by atoms with Gasteiger partial charge in [0.2, 0.25) is 5.95 Å². The number of aromatic nitrogens is 4. The van der Waals surface area contributed by atoms with Crippen LogP contribution in [0.25, 0.3) is 0 Å². The Bertz CT molecular complexity index is 826. The van der Waals surface area contributed by atoms with Crippen molar-refractivity contribution in [3.05, 3.63) is 27.5 Å². The molecule has 1 heterocycles. The zero-order chi connectivity index (χ0) is 18.7. The van der Waals surface area contributed by atoms with E-state index in [1.54, 1.807) is 0 Å². The van der Waals surface area contributed by atoms with Crippen molar-refractivity contribution in [1.29, 1.82) is 0 Å². The van der Waals surface area contributed by atoms with Gasteiger partial charge in [-0.05, 0) is 16.5 Å². The van der Waals surface area contributed by atoms with E-state index in [1.807, 2.05) is 0 Å². The number of nitrogens with zero attached hydrogens (tertiary/aromatic N) is 5. The predicted octanol–water partition coefficient (Wildman–Crippen LogP) is 1.38. The van der Waals surface area contributed by atoms with E-state index in [0.29, 0.717) is 0 Å². The minimum Gasteiger partial charge on any atom is -0.481 e. The van der Waals surface area contributed by atoms with Crippen LogP contribution in [0.2, 0.25) is 10.0 Å². The maximum atomic E-state index is 14.2. The summed E-state index contributed by atoms with van der Waals surface area (Å²) in [5.74, 6) is -2.43. The van der Waals surface area contributed by atoms with E-state index < -0.39 is 17.3 Å². The summed E-state index contributed by atoms with van der Waals surface area (Å²) >= 11 is 12.0. The number of anilines is 1. The van der Waals surface area contributed by atoms with Crippen LogP contribution in [-0.2, 0) is 11.8 Å². The molecule has 0 aliphatic carbocycles. The number of hydrogen-bond acceptors (Lipinski definition) is 6. The Morgan fingerprint density at radius 2 is 2.08 bits per heavy atom. The first-order valence-electron chi connectivity index (χ1n) is 6.76. The number of carbonyl (C=O) groups is 2. The molecule has 25 heavy (non-hydrogen) atoms. The second-order valence-electron chi connectivity index (χ2n) is 5.02. The Morgan fingerprint density at radius 1 is 1.40 bits per heavy atom. The summed E-state index contributed by atoms with van der Waals surface area (Å²) in [6.07, 6.45) is 0. The molecule has 0 saturated heterocycles. The van der Waals surface area contributed by atoms with E-state index in [9.17, 15) is 14.0 Å². The van der Waals surface area contributed by atoms with Crippen molar-refractivity contribution in [3.8, 4) is 5.75 Å². The highest BCUT2D eigenvalue weighted by Gasteiger charge is 2.24. The Morgan fingerprint density at radius 3 is 2.64 bits per heavy atom. The lowest BCUT2D eigenvalue weighted by Gasteiger charge is -2.15. The van der Waals surface area contributed by atoms with Crippen LogP contribution in [0.4, 0.5) is 10.3 Å². The Kier molecular flexibility index (Phi) is 5.75. The first-order chi connectivity index (χ1) is 11.7. The van der Waals surface area contributed by atoms with Gasteiger partial charge in [-0.3, -0.25) is 14.9 Å². The highest BCUT2D eigenvalue weighted by Crippen LogP contribution is 2.37. The fourth-order valence-corrected chi connectivity index (χ4v) is 2.30. The first kappa shape index (κ1) is 18.9. The molecule has 2 rings (SSSR count). The topological polar surface area (TPSA) is 102 Å². The molecule has 0 unspecified atom stereocenters. The van der Waals surface area contributed by atoms with Crippen LogP contribution in [-0.4, -0.2) is 57.6 Å². The molecule has 1 N–H and O–H groups in total. The number of hydrogen-bond donors (Lipinski definition) is 1. The van der Waals surface area contributed by atoms with Crippen LogP contribution < -0.4 is 10.1 Å². The number of rotatable bonds is 5. The lowest BCUT2D eigenvalue weighted by molar-refractivity contribution is -0.130. The Labute approximate surface area is 151 Å². The molecule has 2 aromatic rings. The average molecular weight is 391 g/mol. The van der Waals surface area contributed by atoms with E-state index in [4.69, 9.17) is 27.9 Å². The van der Waals surface area contributed by atoms with Gasteiger partial charge in [-0.15, -0.1) is 0 Å². The van der Waals surface area contributed by atoms with Gasteiger partial charge in [-0.1, -0.05) is 28.3 Å². The third kappa shape index (κ3) is 4.15. The molecular formula is C13H13Cl2FN6O3. The van der Waals surface area contributed by atoms with Crippen LogP contribution in [0.5, 0.6) is 5.75 Å². The minimum absolute atomic E-state index is 0.0133. The zero-order valence-corrected chi connectivity index (χ0v) is 14.9. The number of ether oxygens (including phenoxy) is 1. The summed E-state index contributed by atoms with van der Waals surface area (Å²) in [6, 6.07) is 0.868. The molecule has 9 nitrogen and oxygen atoms in total. The van der Waals surface area contributed by atoms with Gasteiger partial charge in [-0.25, -0.2) is 9.07 Å². The quantitative estimate of drug-likeness (QED) is 0.826. The number of aryl methyl sites for hydroxylation is 1. The van der Waals surface area contributed by atoms with Crippen LogP contribution in [0.15, 0.2) is 6.07 Å². The molecule has 0 fully saturated rings. The Hall–Kier alpha value is -2.46. The number of likely N-dealkylation sites (N-methyl/N-ethyl adjacent to an activating group) is 1. The lowest BCUT2D eigenvalue weighted by atomic mass is 10.2. The van der Waals surface area contributed by atoms with Crippen molar-refractivity contribution in [2.45, 2.75) is 0 Å². The van der Waals surface area contributed by atoms with E-state index in [1.165, 1.54) is 30.7 Å². The van der Waals surface area contributed by atoms with Crippen molar-refractivity contribution >= 4 is 41.0 Å². The number of halogens is 3. The molecule has 0 saturated carbocycles. The molecule has 0 spiro atoms. The summed E-state index contributed by atoms with van der Waals surface area (Å²) in [4.78, 5) is 25.2. The molecule has 0 radical (unpaired) electrons. The third-order valence-electron chi connectivity index (χ3n) is 3.04. The van der Waals surface area contributed by atoms with Gasteiger partial charge in [0, 0.05) is 21.1 Å². The van der Waals surface area contributed by atoms with Crippen LogP contribution in [0.3, 0.4) is 0 Å². The fourth-order valence-electron chi connectivity index (χ4n) is 1.68. The van der Waals surface area contributed by atoms with Crippen molar-refractivity contribution in [3.63, 3.8) is 0 Å². The molecule has 0 aliphatic heterocycles. The minimum atomic E-state index is -0.964. The third-order valence-corrected chi connectivity index (χ3v) is 3.68. The van der Waals surface area contributed by atoms with Gasteiger partial charge in [-0.2, -0.15) is 0 Å². The summed E-state index contributed by atoms with van der Waals surface area (Å²) in [7, 11) is 4.55. The molecule has 134 valence electrons. The molecular weight excluding hydrogens is 378 g/mol. The van der Waals surface area contributed by atoms with Gasteiger partial charge >= 0.3 is 0 Å². The molecule has 0 bridgehead atoms. The van der Waals surface area contributed by atoms with Crippen LogP contribution >= 0.6 is 23.2 Å². The summed E-state index contributed by atoms with van der Waals surface area (Å²) < 4.78 is 20.6. The molecule has 12 heteroatoms. The van der Waals surface area contributed by atoms with Gasteiger partial charge in [0.1, 0.15) is 5.82 Å². The average Bonchev–Trinajstić information content (AvgIpc) is 2.91. The number of carbonyl (C=O) groups excluding carboxylic acids is 2. The summed E-state index contributed by atoms with van der Waals surface area (Å²) in [5.41, 5.74) is -0.513. The second kappa shape index (κ2) is 7.62. The monoisotopic (exact) mass is 390 g/mol. The SMILES string of the molecule is CN(C)C(=O)COc1c(Cl)cc(F)c(C(=O)Nc2nnnn2C)c1Cl. The zero-order valence-electron chi connectivity index (χ0n) is 13.4. The molecule has 2 amide bonds. The van der Waals surface area contributed by atoms with Gasteiger partial charge in [0.25, 0.3) is 11.8 Å². The van der Waals surface area contributed by atoms with E-state index >= 15 is 0 Å². The van der Waals surface area contributed by atoms with Crippen molar-refractivity contribution < 1.29 is 18.7 Å². The predicted molar refractivity (Wildman–Crippen MR) is 87.4 cm³/mol. The number of amides is 2. The van der Waals surface area contributed by atoms with E-state index in [-0.39, 0.29) is 34.3 Å². The number of nitrogens with one attached hydrogen (secondary N) is 1. The molecule has 1 aromatic carbocycles. The van der Waals surface area contributed by atoms with Crippen molar-refractivity contribution in [2.75, 3.05) is 26.0 Å². The van der Waals surface area contributed by atoms with Gasteiger partial charge < -0.3 is 9.64 Å². The molecule has 0 aliphatic rings. The fraction of sp³-hybridized carbons (Fsp3) is 0.308. The highest BCUT2D eigenvalue weighted by atomic mass is 35.5. The maximum Gasteiger partial charge on any atom is 0.262 e. The first-order valence-corrected chi connectivity index (χ1v) is 7.52. The maximum absolute atomic E-state index is 14.2. The van der Waals surface area contributed by atoms with Crippen LogP contribution in [0.1, 0.15) is 10.4 Å². The molecule has 0 atom stereocenters. The van der Waals surface area contributed by atoms with Crippen molar-refractivity contribution in [1.82, 2.24) is 25.1 Å². The van der Waals surface area contributed by atoms with E-state index in [2.05, 4.69) is 20.8 Å². The van der Waals surface area contributed by atoms with Gasteiger partial charge in [0.15, 0.2) is 12.4 Å². The Balaban J connectivity index is 2.32. The van der Waals surface area contributed by atoms with Crippen molar-refractivity contribution in [2.24, 2.45) is 7.05 Å².